The van der Waals surface area contributed by atoms with Gasteiger partial charge in [-0.2, -0.15) is 28.3 Å². The average Bonchev–Trinajstić information content (AvgIpc) is 3.23. The Morgan fingerprint density at radius 2 is 1.32 bits per heavy atom. The van der Waals surface area contributed by atoms with E-state index in [1.54, 1.807) is 29.4 Å². The maximum absolute atomic E-state index is 13.7. The van der Waals surface area contributed by atoms with Gasteiger partial charge >= 0.3 is 41.9 Å². The molecule has 160 valence electrons. The van der Waals surface area contributed by atoms with E-state index in [-0.39, 0.29) is 11.0 Å². The number of rotatable bonds is 1. The van der Waals surface area contributed by atoms with Crippen LogP contribution in [0.4, 0.5) is 13.2 Å². The monoisotopic (exact) mass is 514 g/mol. The molecule has 0 nitrogen and oxygen atoms in total. The number of hydrogen-bond donors (Lipinski definition) is 0. The summed E-state index contributed by atoms with van der Waals surface area (Å²) in [6.07, 6.45) is 0. The number of halogens is 3. The molecule has 0 fully saturated rings. The summed E-state index contributed by atoms with van der Waals surface area (Å²) >= 11 is 1.74. The molecule has 0 N–H and O–H groups in total. The van der Waals surface area contributed by atoms with Crippen molar-refractivity contribution in [3.8, 4) is 11.1 Å². The quantitative estimate of drug-likeness (QED) is 0.137. The van der Waals surface area contributed by atoms with Crippen LogP contribution in [0.5, 0.6) is 0 Å². The number of hydrogen-bond acceptors (Lipinski definition) is 0. The molecule has 4 aromatic rings. The molecule has 0 aromatic heterocycles. The summed E-state index contributed by atoms with van der Waals surface area (Å²) in [5.41, 5.74) is 6.61. The molecule has 0 saturated carbocycles. The van der Waals surface area contributed by atoms with E-state index in [0.717, 1.165) is 16.8 Å². The van der Waals surface area contributed by atoms with Crippen LogP contribution in [0.2, 0.25) is 13.1 Å². The van der Waals surface area contributed by atoms with Crippen molar-refractivity contribution in [1.82, 2.24) is 0 Å². The Balaban J connectivity index is 0.000000220. The third kappa shape index (κ3) is 6.40. The van der Waals surface area contributed by atoms with E-state index in [1.807, 2.05) is 30.3 Å². The van der Waals surface area contributed by atoms with Crippen LogP contribution < -0.4 is 0 Å². The normalized spacial score (nSPS) is 10.3. The SMILES string of the molecule is C[Si](C)=[Zr+2].Cc1[cH-]c(C)c(C)c1C.Fc1ccc(-c2c[cH-]c3ccccc23)c(F)c1F. The maximum Gasteiger partial charge on any atom is 0.194 e. The minimum atomic E-state index is -1.43. The largest absolute Gasteiger partial charge is 0.204 e. The molecule has 0 amide bonds. The van der Waals surface area contributed by atoms with E-state index in [9.17, 15) is 13.2 Å². The first kappa shape index (κ1) is 25.5. The second kappa shape index (κ2) is 11.2. The zero-order valence-corrected chi connectivity index (χ0v) is 22.3. The smallest absolute Gasteiger partial charge is 0.194 e. The summed E-state index contributed by atoms with van der Waals surface area (Å²) in [4.78, 5) is 0. The van der Waals surface area contributed by atoms with Gasteiger partial charge in [0, 0.05) is 0 Å². The van der Waals surface area contributed by atoms with Gasteiger partial charge < -0.3 is 0 Å². The van der Waals surface area contributed by atoms with Crippen LogP contribution in [-0.4, -0.2) is 5.43 Å². The molecule has 5 heteroatoms. The summed E-state index contributed by atoms with van der Waals surface area (Å²) < 4.78 is 39.9. The van der Waals surface area contributed by atoms with Crippen molar-refractivity contribution < 1.29 is 36.5 Å². The fourth-order valence-corrected chi connectivity index (χ4v) is 3.25. The number of fused-ring (bicyclic) bond motifs is 1. The predicted molar refractivity (Wildman–Crippen MR) is 123 cm³/mol. The molecule has 0 heterocycles. The standard InChI is InChI=1S/C15H8F3.C9H13.C2H6Si.Zr/c16-13-8-7-12(14(17)15(13)18)11-6-5-9-3-1-2-4-10(9)11;1-6-5-7(2)9(4)8(6)3;1-3-2;/h1-8H;5H,1-4H3;1-2H3;/q2*-1;;+2. The summed E-state index contributed by atoms with van der Waals surface area (Å²) in [6, 6.07) is 15.4. The Morgan fingerprint density at radius 3 is 1.84 bits per heavy atom. The Hall–Kier alpha value is -1.71. The average molecular weight is 516 g/mol. The van der Waals surface area contributed by atoms with Gasteiger partial charge in [0.05, 0.1) is 0 Å². The summed E-state index contributed by atoms with van der Waals surface area (Å²) in [7, 11) is 0. The van der Waals surface area contributed by atoms with Crippen LogP contribution in [0.3, 0.4) is 0 Å². The van der Waals surface area contributed by atoms with Crippen molar-refractivity contribution in [3.05, 3.63) is 94.3 Å². The van der Waals surface area contributed by atoms with E-state index >= 15 is 0 Å². The van der Waals surface area contributed by atoms with Crippen LogP contribution in [0.1, 0.15) is 22.3 Å². The third-order valence-corrected chi connectivity index (χ3v) is 5.18. The minimum Gasteiger partial charge on any atom is -0.204 e. The fourth-order valence-electron chi connectivity index (χ4n) is 3.25. The molecule has 0 bridgehead atoms. The topological polar surface area (TPSA) is 0 Å². The van der Waals surface area contributed by atoms with Gasteiger partial charge in [-0.1, -0.05) is 39.8 Å². The number of benzene rings is 2. The molecule has 0 aliphatic heterocycles. The summed E-state index contributed by atoms with van der Waals surface area (Å²) in [5.74, 6) is -3.75. The van der Waals surface area contributed by atoms with Gasteiger partial charge in [0.15, 0.2) is 17.5 Å². The van der Waals surface area contributed by atoms with Crippen molar-refractivity contribution in [2.75, 3.05) is 0 Å². The van der Waals surface area contributed by atoms with Crippen molar-refractivity contribution >= 4 is 16.2 Å². The van der Waals surface area contributed by atoms with Crippen molar-refractivity contribution in [2.45, 2.75) is 40.8 Å². The summed E-state index contributed by atoms with van der Waals surface area (Å²) in [6.45, 7) is 13.3. The van der Waals surface area contributed by atoms with Gasteiger partial charge in [-0.15, -0.1) is 46.7 Å². The van der Waals surface area contributed by atoms with E-state index in [2.05, 4.69) is 46.9 Å². The zero-order chi connectivity index (χ0) is 23.3. The molecule has 0 radical (unpaired) electrons. The second-order valence-corrected chi connectivity index (χ2v) is 17.2. The summed E-state index contributed by atoms with van der Waals surface area (Å²) in [5, 5.41) is 1.76. The zero-order valence-electron chi connectivity index (χ0n) is 18.8. The first-order chi connectivity index (χ1) is 14.5. The van der Waals surface area contributed by atoms with Crippen LogP contribution >= 0.6 is 0 Å². The van der Waals surface area contributed by atoms with Gasteiger partial charge in [-0.05, 0) is 11.6 Å². The van der Waals surface area contributed by atoms with Crippen LogP contribution in [-0.2, 0) is 23.3 Å². The van der Waals surface area contributed by atoms with E-state index < -0.39 is 17.5 Å². The molecular formula is C26H27F3SiZr. The van der Waals surface area contributed by atoms with Crippen LogP contribution in [0.15, 0.2) is 54.6 Å². The van der Waals surface area contributed by atoms with E-state index in [1.165, 1.54) is 28.3 Å². The van der Waals surface area contributed by atoms with Crippen molar-refractivity contribution in [3.63, 3.8) is 0 Å². The third-order valence-electron chi connectivity index (χ3n) is 5.18. The predicted octanol–water partition coefficient (Wildman–Crippen LogP) is 8.07. The first-order valence-corrected chi connectivity index (χ1v) is 16.2. The Bertz CT molecular complexity index is 1170. The molecule has 0 atom stereocenters. The van der Waals surface area contributed by atoms with Gasteiger partial charge in [0.2, 0.25) is 0 Å². The van der Waals surface area contributed by atoms with E-state index in [4.69, 9.17) is 0 Å². The molecular weight excluding hydrogens is 489 g/mol. The van der Waals surface area contributed by atoms with Crippen LogP contribution in [0.25, 0.3) is 21.9 Å². The fraction of sp³-hybridized carbons (Fsp3) is 0.231. The molecule has 4 rings (SSSR count). The molecule has 0 spiro atoms. The van der Waals surface area contributed by atoms with Gasteiger partial charge in [-0.25, -0.2) is 13.2 Å². The minimum absolute atomic E-state index is 0.0788. The second-order valence-electron chi connectivity index (χ2n) is 7.82. The van der Waals surface area contributed by atoms with E-state index in [0.29, 0.717) is 5.56 Å². The van der Waals surface area contributed by atoms with Gasteiger partial charge in [0.1, 0.15) is 0 Å². The van der Waals surface area contributed by atoms with Gasteiger partial charge in [0.25, 0.3) is 0 Å². The Labute approximate surface area is 198 Å². The molecule has 4 aromatic carbocycles. The Morgan fingerprint density at radius 1 is 0.774 bits per heavy atom. The molecule has 0 unspecified atom stereocenters. The van der Waals surface area contributed by atoms with Crippen molar-refractivity contribution in [2.24, 2.45) is 0 Å². The molecule has 0 saturated heterocycles. The Kier molecular flexibility index (Phi) is 9.27. The maximum atomic E-state index is 13.7. The van der Waals surface area contributed by atoms with Gasteiger partial charge in [-0.3, -0.25) is 0 Å². The van der Waals surface area contributed by atoms with Crippen molar-refractivity contribution in [1.29, 1.82) is 0 Å². The first-order valence-electron chi connectivity index (χ1n) is 10.0. The van der Waals surface area contributed by atoms with Crippen LogP contribution in [0, 0.1) is 45.1 Å². The molecule has 0 aliphatic carbocycles. The number of aryl methyl sites for hydroxylation is 2. The molecule has 0 aliphatic rings. The molecule has 31 heavy (non-hydrogen) atoms.